The SMILES string of the molecule is CC(C)c1nn(C)c(Sc2nc3ccccc3s2)c1N. The molecule has 2 heterocycles. The highest BCUT2D eigenvalue weighted by Crippen LogP contribution is 2.38. The molecule has 0 aliphatic rings. The molecule has 1 aromatic carbocycles. The predicted octanol–water partition coefficient (Wildman–Crippen LogP) is 3.89. The average Bonchev–Trinajstić information content (AvgIpc) is 2.94. The summed E-state index contributed by atoms with van der Waals surface area (Å²) in [4.78, 5) is 4.63. The van der Waals surface area contributed by atoms with Crippen LogP contribution in [0.25, 0.3) is 10.2 Å². The smallest absolute Gasteiger partial charge is 0.157 e. The molecule has 0 saturated heterocycles. The Morgan fingerprint density at radius 2 is 2.05 bits per heavy atom. The molecule has 2 aromatic heterocycles. The summed E-state index contributed by atoms with van der Waals surface area (Å²) in [5.41, 5.74) is 8.98. The van der Waals surface area contributed by atoms with Crippen LogP contribution in [0.4, 0.5) is 5.69 Å². The minimum Gasteiger partial charge on any atom is -0.395 e. The second kappa shape index (κ2) is 5.10. The third-order valence-corrected chi connectivity index (χ3v) is 5.34. The van der Waals surface area contributed by atoms with Gasteiger partial charge in [-0.1, -0.05) is 26.0 Å². The third-order valence-electron chi connectivity index (χ3n) is 3.06. The van der Waals surface area contributed by atoms with Crippen LogP contribution in [0.5, 0.6) is 0 Å². The molecule has 0 atom stereocenters. The normalized spacial score (nSPS) is 11.6. The van der Waals surface area contributed by atoms with Crippen molar-refractivity contribution in [2.75, 3.05) is 5.73 Å². The standard InChI is InChI=1S/C14H16N4S2/c1-8(2)12-11(15)13(18(3)17-12)20-14-16-9-6-4-5-7-10(9)19-14/h4-8H,15H2,1-3H3. The molecule has 6 heteroatoms. The number of rotatable bonds is 3. The van der Waals surface area contributed by atoms with Crippen LogP contribution in [0.15, 0.2) is 33.6 Å². The van der Waals surface area contributed by atoms with Gasteiger partial charge in [-0.2, -0.15) is 5.10 Å². The summed E-state index contributed by atoms with van der Waals surface area (Å²) in [5.74, 6) is 0.325. The maximum absolute atomic E-state index is 6.22. The van der Waals surface area contributed by atoms with E-state index < -0.39 is 0 Å². The van der Waals surface area contributed by atoms with Crippen molar-refractivity contribution in [1.29, 1.82) is 0 Å². The van der Waals surface area contributed by atoms with Crippen molar-refractivity contribution in [2.45, 2.75) is 29.1 Å². The molecular weight excluding hydrogens is 288 g/mol. The Hall–Kier alpha value is -1.53. The second-order valence-corrected chi connectivity index (χ2v) is 7.20. The lowest BCUT2D eigenvalue weighted by Gasteiger charge is -2.01. The molecule has 0 aliphatic carbocycles. The molecule has 0 fully saturated rings. The molecule has 0 radical (unpaired) electrons. The van der Waals surface area contributed by atoms with E-state index in [2.05, 4.69) is 30.0 Å². The molecule has 0 saturated carbocycles. The first-order valence-corrected chi connectivity index (χ1v) is 8.05. The van der Waals surface area contributed by atoms with E-state index in [9.17, 15) is 0 Å². The molecule has 3 aromatic rings. The van der Waals surface area contributed by atoms with Crippen molar-refractivity contribution in [3.8, 4) is 0 Å². The number of nitrogen functional groups attached to an aromatic ring is 1. The molecule has 0 bridgehead atoms. The zero-order chi connectivity index (χ0) is 14.3. The van der Waals surface area contributed by atoms with Gasteiger partial charge in [-0.15, -0.1) is 11.3 Å². The number of aromatic nitrogens is 3. The summed E-state index contributed by atoms with van der Waals surface area (Å²) in [7, 11) is 1.93. The Balaban J connectivity index is 1.98. The quantitative estimate of drug-likeness (QED) is 0.797. The fourth-order valence-electron chi connectivity index (χ4n) is 2.07. The maximum Gasteiger partial charge on any atom is 0.157 e. The van der Waals surface area contributed by atoms with E-state index in [4.69, 9.17) is 5.73 Å². The lowest BCUT2D eigenvalue weighted by molar-refractivity contribution is 0.671. The van der Waals surface area contributed by atoms with Gasteiger partial charge in [0.25, 0.3) is 0 Å². The van der Waals surface area contributed by atoms with Gasteiger partial charge in [-0.3, -0.25) is 4.68 Å². The highest BCUT2D eigenvalue weighted by atomic mass is 32.2. The summed E-state index contributed by atoms with van der Waals surface area (Å²) in [5, 5.41) is 5.47. The van der Waals surface area contributed by atoms with Crippen LogP contribution < -0.4 is 5.73 Å². The van der Waals surface area contributed by atoms with E-state index in [1.165, 1.54) is 4.70 Å². The largest absolute Gasteiger partial charge is 0.395 e. The Morgan fingerprint density at radius 1 is 1.30 bits per heavy atom. The highest BCUT2D eigenvalue weighted by Gasteiger charge is 2.18. The van der Waals surface area contributed by atoms with E-state index >= 15 is 0 Å². The summed E-state index contributed by atoms with van der Waals surface area (Å²) in [6, 6.07) is 8.15. The van der Waals surface area contributed by atoms with Gasteiger partial charge in [0.2, 0.25) is 0 Å². The number of nitrogens with two attached hydrogens (primary N) is 1. The first-order valence-electron chi connectivity index (χ1n) is 6.42. The molecule has 0 unspecified atom stereocenters. The monoisotopic (exact) mass is 304 g/mol. The van der Waals surface area contributed by atoms with E-state index in [1.807, 2.05) is 29.9 Å². The van der Waals surface area contributed by atoms with Gasteiger partial charge < -0.3 is 5.73 Å². The van der Waals surface area contributed by atoms with Crippen molar-refractivity contribution in [2.24, 2.45) is 7.05 Å². The molecule has 20 heavy (non-hydrogen) atoms. The second-order valence-electron chi connectivity index (χ2n) is 4.93. The zero-order valence-electron chi connectivity index (χ0n) is 11.6. The first-order chi connectivity index (χ1) is 9.56. The molecule has 3 rings (SSSR count). The number of benzene rings is 1. The number of nitrogens with zero attached hydrogens (tertiary/aromatic N) is 3. The van der Waals surface area contributed by atoms with Gasteiger partial charge in [0.1, 0.15) is 5.03 Å². The molecule has 0 spiro atoms. The first kappa shape index (κ1) is 13.5. The predicted molar refractivity (Wildman–Crippen MR) is 85.5 cm³/mol. The van der Waals surface area contributed by atoms with Crippen LogP contribution in [0.1, 0.15) is 25.5 Å². The van der Waals surface area contributed by atoms with Gasteiger partial charge in [-0.05, 0) is 29.8 Å². The topological polar surface area (TPSA) is 56.7 Å². The Labute approximate surface area is 126 Å². The lowest BCUT2D eigenvalue weighted by atomic mass is 10.1. The molecule has 0 aliphatic heterocycles. The number of anilines is 1. The minimum atomic E-state index is 0.325. The maximum atomic E-state index is 6.22. The van der Waals surface area contributed by atoms with Crippen molar-refractivity contribution in [1.82, 2.24) is 14.8 Å². The Bertz CT molecular complexity index is 725. The molecule has 2 N–H and O–H groups in total. The van der Waals surface area contributed by atoms with Crippen molar-refractivity contribution in [3.05, 3.63) is 30.0 Å². The summed E-state index contributed by atoms with van der Waals surface area (Å²) in [6.45, 7) is 4.20. The zero-order valence-corrected chi connectivity index (χ0v) is 13.3. The number of fused-ring (bicyclic) bond motifs is 1. The van der Waals surface area contributed by atoms with Gasteiger partial charge >= 0.3 is 0 Å². The fourth-order valence-corrected chi connectivity index (χ4v) is 4.14. The van der Waals surface area contributed by atoms with Crippen LogP contribution >= 0.6 is 23.1 Å². The van der Waals surface area contributed by atoms with E-state index in [1.54, 1.807) is 23.1 Å². The minimum absolute atomic E-state index is 0.325. The van der Waals surface area contributed by atoms with Crippen LogP contribution in [0, 0.1) is 0 Å². The number of hydrogen-bond acceptors (Lipinski definition) is 5. The van der Waals surface area contributed by atoms with Crippen LogP contribution in [0.2, 0.25) is 0 Å². The van der Waals surface area contributed by atoms with Crippen molar-refractivity contribution >= 4 is 39.0 Å². The molecule has 104 valence electrons. The summed E-state index contributed by atoms with van der Waals surface area (Å²) in [6.07, 6.45) is 0. The van der Waals surface area contributed by atoms with E-state index in [0.717, 1.165) is 26.3 Å². The van der Waals surface area contributed by atoms with Crippen LogP contribution in [-0.2, 0) is 7.05 Å². The third kappa shape index (κ3) is 2.29. The van der Waals surface area contributed by atoms with Crippen molar-refractivity contribution in [3.63, 3.8) is 0 Å². The van der Waals surface area contributed by atoms with Gasteiger partial charge in [-0.25, -0.2) is 4.98 Å². The number of hydrogen-bond donors (Lipinski definition) is 1. The fraction of sp³-hybridized carbons (Fsp3) is 0.286. The average molecular weight is 304 g/mol. The van der Waals surface area contributed by atoms with Crippen molar-refractivity contribution < 1.29 is 0 Å². The number of thiazole rings is 1. The molecule has 4 nitrogen and oxygen atoms in total. The van der Waals surface area contributed by atoms with Crippen LogP contribution in [-0.4, -0.2) is 14.8 Å². The van der Waals surface area contributed by atoms with E-state index in [-0.39, 0.29) is 0 Å². The Morgan fingerprint density at radius 3 is 2.70 bits per heavy atom. The van der Waals surface area contributed by atoms with Crippen LogP contribution in [0.3, 0.4) is 0 Å². The van der Waals surface area contributed by atoms with Gasteiger partial charge in [0.05, 0.1) is 21.6 Å². The summed E-state index contributed by atoms with van der Waals surface area (Å²) < 4.78 is 4.04. The highest BCUT2D eigenvalue weighted by molar-refractivity contribution is 8.01. The lowest BCUT2D eigenvalue weighted by Crippen LogP contribution is -1.94. The van der Waals surface area contributed by atoms with Gasteiger partial charge in [0.15, 0.2) is 4.34 Å². The molecule has 0 amide bonds. The van der Waals surface area contributed by atoms with Gasteiger partial charge in [0, 0.05) is 7.05 Å². The number of para-hydroxylation sites is 1. The number of aryl methyl sites for hydroxylation is 1. The van der Waals surface area contributed by atoms with E-state index in [0.29, 0.717) is 5.92 Å². The molecular formula is C14H16N4S2. The Kier molecular flexibility index (Phi) is 3.43. The summed E-state index contributed by atoms with van der Waals surface area (Å²) >= 11 is 3.27.